The number of benzene rings is 1. The monoisotopic (exact) mass is 339 g/mol. The number of carbonyl (C=O) groups is 1. The molecule has 9 heteroatoms. The highest BCUT2D eigenvalue weighted by atomic mass is 35.5. The van der Waals surface area contributed by atoms with Crippen LogP contribution < -0.4 is 10.5 Å². The van der Waals surface area contributed by atoms with E-state index in [9.17, 15) is 13.6 Å². The average molecular weight is 340 g/mol. The second-order valence-corrected chi connectivity index (χ2v) is 3.83. The van der Waals surface area contributed by atoms with E-state index in [4.69, 9.17) is 5.73 Å². The van der Waals surface area contributed by atoms with Gasteiger partial charge in [0.15, 0.2) is 17.4 Å². The molecule has 2 aromatic rings. The van der Waals surface area contributed by atoms with Gasteiger partial charge in [-0.25, -0.2) is 9.37 Å². The number of nitrogens with two attached hydrogens (primary N) is 1. The summed E-state index contributed by atoms with van der Waals surface area (Å²) in [5.74, 6) is -3.15. The Morgan fingerprint density at radius 2 is 1.90 bits per heavy atom. The molecule has 1 amide bonds. The lowest BCUT2D eigenvalue weighted by atomic mass is 10.1. The summed E-state index contributed by atoms with van der Waals surface area (Å²) in [6.45, 7) is 0. The third kappa shape index (κ3) is 3.25. The third-order valence-electron chi connectivity index (χ3n) is 2.75. The van der Waals surface area contributed by atoms with Gasteiger partial charge in [0.05, 0.1) is 19.0 Å². The van der Waals surface area contributed by atoms with Crippen LogP contribution in [0.5, 0.6) is 5.75 Å². The van der Waals surface area contributed by atoms with Crippen LogP contribution in [0.1, 0.15) is 10.6 Å². The predicted octanol–water partition coefficient (Wildman–Crippen LogP) is 2.32. The Labute approximate surface area is 131 Å². The molecule has 0 aliphatic carbocycles. The van der Waals surface area contributed by atoms with E-state index in [0.717, 1.165) is 0 Å². The van der Waals surface area contributed by atoms with Crippen molar-refractivity contribution in [1.82, 2.24) is 9.55 Å². The molecule has 5 nitrogen and oxygen atoms in total. The lowest BCUT2D eigenvalue weighted by molar-refractivity contribution is 0.0987. The molecule has 1 aromatic heterocycles. The normalized spacial score (nSPS) is 9.52. The molecule has 0 radical (unpaired) electrons. The Morgan fingerprint density at radius 3 is 2.38 bits per heavy atom. The van der Waals surface area contributed by atoms with Crippen molar-refractivity contribution in [2.75, 3.05) is 7.11 Å². The first-order chi connectivity index (χ1) is 8.97. The number of hydrogen-bond donors (Lipinski definition) is 1. The Morgan fingerprint density at radius 1 is 1.29 bits per heavy atom. The molecule has 0 saturated heterocycles. The number of aromatic nitrogens is 2. The summed E-state index contributed by atoms with van der Waals surface area (Å²) >= 11 is 0. The number of halogens is 4. The van der Waals surface area contributed by atoms with Crippen molar-refractivity contribution >= 4 is 30.7 Å². The number of methoxy groups -OCH3 is 1. The molecule has 0 spiro atoms. The van der Waals surface area contributed by atoms with Gasteiger partial charge in [0.2, 0.25) is 5.82 Å². The molecule has 1 heterocycles. The minimum atomic E-state index is -1.10. The van der Waals surface area contributed by atoms with E-state index in [2.05, 4.69) is 9.72 Å². The van der Waals surface area contributed by atoms with Crippen LogP contribution in [-0.2, 0) is 7.05 Å². The van der Waals surface area contributed by atoms with Gasteiger partial charge in [-0.15, -0.1) is 24.8 Å². The third-order valence-corrected chi connectivity index (χ3v) is 2.75. The quantitative estimate of drug-likeness (QED) is 0.932. The molecule has 0 aliphatic heterocycles. The molecule has 0 bridgehead atoms. The summed E-state index contributed by atoms with van der Waals surface area (Å²) < 4.78 is 33.5. The standard InChI is InChI=1S/C12H11F2N3O2.2ClH/c1-17-7(5-16-12(17)11(15)18)6-3-4-8(19-2)10(14)9(6)13;;/h3-5H,1-2H3,(H2,15,18);2*1H. The van der Waals surface area contributed by atoms with Crippen molar-refractivity contribution in [1.29, 1.82) is 0 Å². The molecule has 0 aliphatic rings. The number of primary amides is 1. The minimum Gasteiger partial charge on any atom is -0.494 e. The van der Waals surface area contributed by atoms with Gasteiger partial charge in [-0.1, -0.05) is 0 Å². The molecule has 0 unspecified atom stereocenters. The Bertz CT molecular complexity index is 662. The molecule has 116 valence electrons. The van der Waals surface area contributed by atoms with E-state index < -0.39 is 17.5 Å². The van der Waals surface area contributed by atoms with Gasteiger partial charge in [0, 0.05) is 12.6 Å². The van der Waals surface area contributed by atoms with Crippen LogP contribution in [0.3, 0.4) is 0 Å². The van der Waals surface area contributed by atoms with E-state index in [1.54, 1.807) is 0 Å². The van der Waals surface area contributed by atoms with Crippen LogP contribution in [0.15, 0.2) is 18.3 Å². The number of hydrogen-bond acceptors (Lipinski definition) is 3. The highest BCUT2D eigenvalue weighted by molar-refractivity contribution is 5.90. The summed E-state index contributed by atoms with van der Waals surface area (Å²) in [4.78, 5) is 14.8. The number of rotatable bonds is 3. The Kier molecular flexibility index (Phi) is 6.59. The second-order valence-electron chi connectivity index (χ2n) is 3.83. The van der Waals surface area contributed by atoms with Crippen molar-refractivity contribution in [2.24, 2.45) is 12.8 Å². The lowest BCUT2D eigenvalue weighted by Crippen LogP contribution is -2.17. The smallest absolute Gasteiger partial charge is 0.284 e. The largest absolute Gasteiger partial charge is 0.494 e. The predicted molar refractivity (Wildman–Crippen MR) is 78.1 cm³/mol. The van der Waals surface area contributed by atoms with Gasteiger partial charge in [0.25, 0.3) is 5.91 Å². The fraction of sp³-hybridized carbons (Fsp3) is 0.167. The second kappa shape index (κ2) is 7.24. The molecule has 0 fully saturated rings. The summed E-state index contributed by atoms with van der Waals surface area (Å²) in [6, 6.07) is 2.64. The fourth-order valence-corrected chi connectivity index (χ4v) is 1.78. The van der Waals surface area contributed by atoms with Gasteiger partial charge in [-0.05, 0) is 12.1 Å². The van der Waals surface area contributed by atoms with Crippen molar-refractivity contribution in [3.8, 4) is 17.0 Å². The molecular formula is C12H13Cl2F2N3O2. The molecule has 2 rings (SSSR count). The van der Waals surface area contributed by atoms with Crippen LogP contribution in [0.2, 0.25) is 0 Å². The van der Waals surface area contributed by atoms with E-state index in [1.807, 2.05) is 0 Å². The number of carbonyl (C=O) groups excluding carboxylic acids is 1. The summed E-state index contributed by atoms with van der Waals surface area (Å²) in [6.07, 6.45) is 1.25. The number of imidazole rings is 1. The maximum absolute atomic E-state index is 13.9. The van der Waals surface area contributed by atoms with Crippen LogP contribution in [0.4, 0.5) is 8.78 Å². The van der Waals surface area contributed by atoms with E-state index in [1.165, 1.54) is 37.1 Å². The molecule has 1 aromatic carbocycles. The van der Waals surface area contributed by atoms with Crippen molar-refractivity contribution in [2.45, 2.75) is 0 Å². The van der Waals surface area contributed by atoms with Gasteiger partial charge >= 0.3 is 0 Å². The number of ether oxygens (including phenoxy) is 1. The Hall–Kier alpha value is -1.86. The minimum absolute atomic E-state index is 0. The van der Waals surface area contributed by atoms with Crippen LogP contribution in [-0.4, -0.2) is 22.6 Å². The number of nitrogens with zero attached hydrogens (tertiary/aromatic N) is 2. The summed E-state index contributed by atoms with van der Waals surface area (Å²) in [5, 5.41) is 0. The first kappa shape index (κ1) is 19.1. The summed E-state index contributed by atoms with van der Waals surface area (Å²) in [7, 11) is 2.73. The zero-order valence-corrected chi connectivity index (χ0v) is 12.7. The van der Waals surface area contributed by atoms with Gasteiger partial charge < -0.3 is 15.0 Å². The van der Waals surface area contributed by atoms with E-state index in [0.29, 0.717) is 0 Å². The van der Waals surface area contributed by atoms with Crippen LogP contribution in [0, 0.1) is 11.6 Å². The van der Waals surface area contributed by atoms with Gasteiger partial charge in [-0.2, -0.15) is 4.39 Å². The molecular weight excluding hydrogens is 327 g/mol. The molecule has 0 saturated carbocycles. The molecule has 0 atom stereocenters. The van der Waals surface area contributed by atoms with E-state index >= 15 is 0 Å². The maximum Gasteiger partial charge on any atom is 0.284 e. The maximum atomic E-state index is 13.9. The van der Waals surface area contributed by atoms with Gasteiger partial charge in [-0.3, -0.25) is 4.79 Å². The topological polar surface area (TPSA) is 70.1 Å². The SMILES string of the molecule is COc1ccc(-c2cnc(C(N)=O)n2C)c(F)c1F.Cl.Cl. The summed E-state index contributed by atoms with van der Waals surface area (Å²) in [5.41, 5.74) is 5.33. The first-order valence-electron chi connectivity index (χ1n) is 5.31. The highest BCUT2D eigenvalue weighted by Gasteiger charge is 2.19. The number of amides is 1. The van der Waals surface area contributed by atoms with Crippen molar-refractivity contribution < 1.29 is 18.3 Å². The fourth-order valence-electron chi connectivity index (χ4n) is 1.78. The van der Waals surface area contributed by atoms with Crippen molar-refractivity contribution in [3.05, 3.63) is 35.8 Å². The van der Waals surface area contributed by atoms with Crippen molar-refractivity contribution in [3.63, 3.8) is 0 Å². The lowest BCUT2D eigenvalue weighted by Gasteiger charge is -2.08. The Balaban J connectivity index is 0.00000200. The van der Waals surface area contributed by atoms with Crippen LogP contribution in [0.25, 0.3) is 11.3 Å². The molecule has 21 heavy (non-hydrogen) atoms. The molecule has 2 N–H and O–H groups in total. The average Bonchev–Trinajstić information content (AvgIpc) is 2.75. The van der Waals surface area contributed by atoms with E-state index in [-0.39, 0.29) is 47.6 Å². The zero-order valence-electron chi connectivity index (χ0n) is 11.1. The zero-order chi connectivity index (χ0) is 14.2. The van der Waals surface area contributed by atoms with Gasteiger partial charge in [0.1, 0.15) is 0 Å². The first-order valence-corrected chi connectivity index (χ1v) is 5.31. The van der Waals surface area contributed by atoms with Crippen LogP contribution >= 0.6 is 24.8 Å². The highest BCUT2D eigenvalue weighted by Crippen LogP contribution is 2.29.